The number of rotatable bonds is 2. The second-order valence-corrected chi connectivity index (χ2v) is 8.21. The van der Waals surface area contributed by atoms with Gasteiger partial charge in [0.05, 0.1) is 18.0 Å². The molecule has 1 unspecified atom stereocenters. The van der Waals surface area contributed by atoms with E-state index in [1.807, 2.05) is 48.5 Å². The summed E-state index contributed by atoms with van der Waals surface area (Å²) in [6.45, 7) is 0.409. The lowest BCUT2D eigenvalue weighted by Gasteiger charge is -2.30. The highest BCUT2D eigenvalue weighted by Gasteiger charge is 2.54. The van der Waals surface area contributed by atoms with Crippen LogP contribution in [0.3, 0.4) is 0 Å². The summed E-state index contributed by atoms with van der Waals surface area (Å²) in [6.07, 6.45) is 0. The Hall–Kier alpha value is -3.22. The highest BCUT2D eigenvalue weighted by Crippen LogP contribution is 2.45. The lowest BCUT2D eigenvalue weighted by atomic mass is 10.0. The van der Waals surface area contributed by atoms with Gasteiger partial charge in [0.1, 0.15) is 5.71 Å². The molecule has 1 atom stereocenters. The first kappa shape index (κ1) is 18.8. The molecule has 3 aromatic rings. The van der Waals surface area contributed by atoms with Gasteiger partial charge >= 0.3 is 0 Å². The molecule has 0 aliphatic carbocycles. The van der Waals surface area contributed by atoms with E-state index in [1.165, 1.54) is 16.7 Å². The van der Waals surface area contributed by atoms with Crippen LogP contribution in [0.1, 0.15) is 15.9 Å². The quantitative estimate of drug-likeness (QED) is 0.581. The standard InChI is InChI=1S/C24H18N2O3S/c27-22(18-11-5-2-6-12-18)26-20-14-8-7-13-19(20)25-21(17-9-3-1-4-10-17)24(23(26)28)29-15-16-30-24/h1-14H,15-16H2. The van der Waals surface area contributed by atoms with Crippen LogP contribution in [0.15, 0.2) is 89.9 Å². The van der Waals surface area contributed by atoms with Gasteiger partial charge in [0, 0.05) is 16.9 Å². The number of hydrogen-bond donors (Lipinski definition) is 0. The third kappa shape index (κ3) is 2.96. The Morgan fingerprint density at radius 2 is 1.60 bits per heavy atom. The maximum atomic E-state index is 14.0. The molecule has 1 spiro atoms. The Morgan fingerprint density at radius 1 is 0.933 bits per heavy atom. The number of amides is 2. The van der Waals surface area contributed by atoms with Crippen molar-refractivity contribution in [1.29, 1.82) is 0 Å². The van der Waals surface area contributed by atoms with Crippen molar-refractivity contribution in [3.8, 4) is 0 Å². The summed E-state index contributed by atoms with van der Waals surface area (Å²) in [7, 11) is 0. The smallest absolute Gasteiger partial charge is 0.283 e. The Balaban J connectivity index is 1.74. The second-order valence-electron chi connectivity index (χ2n) is 6.94. The monoisotopic (exact) mass is 414 g/mol. The Bertz CT molecular complexity index is 1140. The number of ether oxygens (including phenoxy) is 1. The van der Waals surface area contributed by atoms with Crippen LogP contribution >= 0.6 is 11.8 Å². The van der Waals surface area contributed by atoms with Crippen LogP contribution in [0.5, 0.6) is 0 Å². The summed E-state index contributed by atoms with van der Waals surface area (Å²) in [5, 5.41) is 0. The zero-order chi connectivity index (χ0) is 20.6. The first-order valence-corrected chi connectivity index (χ1v) is 10.6. The van der Waals surface area contributed by atoms with Crippen LogP contribution in [0.4, 0.5) is 11.4 Å². The maximum absolute atomic E-state index is 14.0. The van der Waals surface area contributed by atoms with Crippen molar-refractivity contribution in [3.05, 3.63) is 96.1 Å². The summed E-state index contributed by atoms with van der Waals surface area (Å²) >= 11 is 1.38. The summed E-state index contributed by atoms with van der Waals surface area (Å²) < 4.78 is 6.08. The number of benzene rings is 3. The Morgan fingerprint density at radius 3 is 2.30 bits per heavy atom. The van der Waals surface area contributed by atoms with E-state index in [1.54, 1.807) is 36.4 Å². The van der Waals surface area contributed by atoms with E-state index in [4.69, 9.17) is 9.73 Å². The highest BCUT2D eigenvalue weighted by molar-refractivity contribution is 8.02. The third-order valence-electron chi connectivity index (χ3n) is 5.12. The lowest BCUT2D eigenvalue weighted by Crippen LogP contribution is -2.53. The number of para-hydroxylation sites is 2. The van der Waals surface area contributed by atoms with Crippen molar-refractivity contribution in [1.82, 2.24) is 0 Å². The number of carbonyl (C=O) groups excluding carboxylic acids is 2. The van der Waals surface area contributed by atoms with Crippen LogP contribution in [0.25, 0.3) is 0 Å². The average Bonchev–Trinajstić information content (AvgIpc) is 3.27. The van der Waals surface area contributed by atoms with Crippen molar-refractivity contribution in [2.75, 3.05) is 17.3 Å². The normalized spacial score (nSPS) is 20.6. The summed E-state index contributed by atoms with van der Waals surface area (Å²) in [5.41, 5.74) is 2.76. The first-order valence-electron chi connectivity index (χ1n) is 9.66. The number of fused-ring (bicyclic) bond motifs is 1. The lowest BCUT2D eigenvalue weighted by molar-refractivity contribution is -0.126. The number of hydrogen-bond acceptors (Lipinski definition) is 5. The van der Waals surface area contributed by atoms with Gasteiger partial charge < -0.3 is 4.74 Å². The summed E-state index contributed by atoms with van der Waals surface area (Å²) in [4.78, 5) is 32.2. The van der Waals surface area contributed by atoms with Gasteiger partial charge in [-0.15, -0.1) is 11.8 Å². The zero-order valence-corrected chi connectivity index (χ0v) is 16.8. The van der Waals surface area contributed by atoms with E-state index in [9.17, 15) is 9.59 Å². The Labute approximate surface area is 178 Å². The van der Waals surface area contributed by atoms with Crippen molar-refractivity contribution >= 4 is 40.7 Å². The molecule has 2 heterocycles. The number of imide groups is 1. The zero-order valence-electron chi connectivity index (χ0n) is 16.0. The molecule has 0 saturated carbocycles. The molecule has 2 amide bonds. The van der Waals surface area contributed by atoms with Crippen molar-refractivity contribution < 1.29 is 14.3 Å². The minimum Gasteiger partial charge on any atom is -0.349 e. The number of anilines is 1. The van der Waals surface area contributed by atoms with Crippen molar-refractivity contribution in [2.24, 2.45) is 4.99 Å². The van der Waals surface area contributed by atoms with Gasteiger partial charge in [-0.3, -0.25) is 9.59 Å². The minimum absolute atomic E-state index is 0.395. The molecule has 6 heteroatoms. The fourth-order valence-corrected chi connectivity index (χ4v) is 4.87. The van der Waals surface area contributed by atoms with E-state index >= 15 is 0 Å². The average molecular weight is 414 g/mol. The van der Waals surface area contributed by atoms with Crippen LogP contribution in [-0.4, -0.2) is 34.8 Å². The summed E-state index contributed by atoms with van der Waals surface area (Å²) in [5.74, 6) is -0.180. The highest BCUT2D eigenvalue weighted by atomic mass is 32.2. The maximum Gasteiger partial charge on any atom is 0.283 e. The number of thioether (sulfide) groups is 1. The van der Waals surface area contributed by atoms with E-state index in [0.717, 1.165) is 5.56 Å². The van der Waals surface area contributed by atoms with Crippen molar-refractivity contribution in [3.63, 3.8) is 0 Å². The predicted octanol–water partition coefficient (Wildman–Crippen LogP) is 4.45. The fraction of sp³-hybridized carbons (Fsp3) is 0.125. The molecule has 3 aromatic carbocycles. The molecule has 5 rings (SSSR count). The molecule has 0 radical (unpaired) electrons. The van der Waals surface area contributed by atoms with Gasteiger partial charge in [-0.05, 0) is 24.3 Å². The molecule has 1 saturated heterocycles. The SMILES string of the molecule is O=C(c1ccccc1)N1C(=O)C2(OCCS2)C(c2ccccc2)=Nc2ccccc21. The van der Waals surface area contributed by atoms with E-state index in [2.05, 4.69) is 0 Å². The molecule has 2 aliphatic rings. The minimum atomic E-state index is -1.37. The molecule has 0 N–H and O–H groups in total. The van der Waals surface area contributed by atoms with Gasteiger partial charge in [-0.2, -0.15) is 0 Å². The molecular weight excluding hydrogens is 396 g/mol. The second kappa shape index (κ2) is 7.55. The van der Waals surface area contributed by atoms with Crippen molar-refractivity contribution in [2.45, 2.75) is 4.93 Å². The van der Waals surface area contributed by atoms with Gasteiger partial charge in [0.2, 0.25) is 4.93 Å². The molecule has 0 aromatic heterocycles. The van der Waals surface area contributed by atoms with Crippen LogP contribution in [0, 0.1) is 0 Å². The van der Waals surface area contributed by atoms with E-state index in [0.29, 0.717) is 35.0 Å². The molecule has 5 nitrogen and oxygen atoms in total. The van der Waals surface area contributed by atoms with Crippen LogP contribution < -0.4 is 4.90 Å². The van der Waals surface area contributed by atoms with Crippen LogP contribution in [-0.2, 0) is 9.53 Å². The number of nitrogens with zero attached hydrogens (tertiary/aromatic N) is 2. The largest absolute Gasteiger partial charge is 0.349 e. The fourth-order valence-electron chi connectivity index (χ4n) is 3.73. The number of aliphatic imine (C=N–C) groups is 1. The Kier molecular flexibility index (Phi) is 4.73. The molecule has 2 aliphatic heterocycles. The van der Waals surface area contributed by atoms with E-state index in [-0.39, 0.29) is 0 Å². The van der Waals surface area contributed by atoms with E-state index < -0.39 is 16.7 Å². The topological polar surface area (TPSA) is 59.0 Å². The molecule has 1 fully saturated rings. The predicted molar refractivity (Wildman–Crippen MR) is 118 cm³/mol. The van der Waals surface area contributed by atoms with Gasteiger partial charge in [-0.25, -0.2) is 9.89 Å². The first-order chi connectivity index (χ1) is 14.7. The van der Waals surface area contributed by atoms with Gasteiger partial charge in [0.25, 0.3) is 11.8 Å². The molecule has 148 valence electrons. The number of carbonyl (C=O) groups is 2. The summed E-state index contributed by atoms with van der Waals surface area (Å²) in [6, 6.07) is 25.6. The van der Waals surface area contributed by atoms with Crippen LogP contribution in [0.2, 0.25) is 0 Å². The van der Waals surface area contributed by atoms with Gasteiger partial charge in [0.15, 0.2) is 0 Å². The molecular formula is C24H18N2O3S. The third-order valence-corrected chi connectivity index (χ3v) is 6.38. The molecule has 0 bridgehead atoms. The molecule has 30 heavy (non-hydrogen) atoms. The van der Waals surface area contributed by atoms with Gasteiger partial charge in [-0.1, -0.05) is 60.7 Å².